The van der Waals surface area contributed by atoms with Gasteiger partial charge in [0, 0.05) is 19.7 Å². The minimum atomic E-state index is -0.560. The topological polar surface area (TPSA) is 29.5 Å². The summed E-state index contributed by atoms with van der Waals surface area (Å²) in [6.45, 7) is 8.25. The van der Waals surface area contributed by atoms with Gasteiger partial charge in [-0.15, -0.1) is 6.58 Å². The molecule has 0 unspecified atom stereocenters. The first-order valence-electron chi connectivity index (χ1n) is 9.27. The zero-order valence-corrected chi connectivity index (χ0v) is 16.6. The highest BCUT2D eigenvalue weighted by Crippen LogP contribution is 2.37. The van der Waals surface area contributed by atoms with E-state index in [-0.39, 0.29) is 17.1 Å². The lowest BCUT2D eigenvalue weighted by Crippen LogP contribution is -2.23. The lowest BCUT2D eigenvalue weighted by molar-refractivity contribution is 0.0827. The van der Waals surface area contributed by atoms with E-state index in [4.69, 9.17) is 4.74 Å². The molecule has 0 spiro atoms. The minimum absolute atomic E-state index is 0.0692. The molecule has 27 heavy (non-hydrogen) atoms. The molecule has 0 aliphatic heterocycles. The average Bonchev–Trinajstić information content (AvgIpc) is 2.67. The lowest BCUT2D eigenvalue weighted by atomic mass is 9.73. The van der Waals surface area contributed by atoms with Crippen LogP contribution in [0.1, 0.15) is 49.0 Å². The number of nitrogens with zero attached hydrogens (tertiary/aromatic N) is 1. The Balaban J connectivity index is 2.21. The number of halogens is 1. The SMILES string of the molecule is C=CCC(CC)(CC)c1ccc(Oc2ccc(C(=O)N(C)C)cc2F)cc1. The molecule has 144 valence electrons. The number of carbonyl (C=O) groups excluding carboxylic acids is 1. The number of rotatable bonds is 8. The van der Waals surface area contributed by atoms with E-state index in [1.165, 1.54) is 22.6 Å². The minimum Gasteiger partial charge on any atom is -0.454 e. The van der Waals surface area contributed by atoms with Gasteiger partial charge >= 0.3 is 0 Å². The van der Waals surface area contributed by atoms with Crippen molar-refractivity contribution < 1.29 is 13.9 Å². The van der Waals surface area contributed by atoms with Gasteiger partial charge in [-0.2, -0.15) is 0 Å². The third-order valence-corrected chi connectivity index (χ3v) is 5.17. The van der Waals surface area contributed by atoms with Crippen molar-refractivity contribution in [2.24, 2.45) is 0 Å². The van der Waals surface area contributed by atoms with E-state index in [0.29, 0.717) is 11.3 Å². The molecule has 0 N–H and O–H groups in total. The molecule has 1 amide bonds. The second kappa shape index (κ2) is 8.85. The summed E-state index contributed by atoms with van der Waals surface area (Å²) in [4.78, 5) is 13.3. The van der Waals surface area contributed by atoms with Gasteiger partial charge in [0.15, 0.2) is 11.6 Å². The van der Waals surface area contributed by atoms with Crippen LogP contribution in [0, 0.1) is 5.82 Å². The van der Waals surface area contributed by atoms with Gasteiger partial charge in [0.25, 0.3) is 5.91 Å². The fraction of sp³-hybridized carbons (Fsp3) is 0.348. The summed E-state index contributed by atoms with van der Waals surface area (Å²) in [6, 6.07) is 12.0. The smallest absolute Gasteiger partial charge is 0.253 e. The van der Waals surface area contributed by atoms with Crippen molar-refractivity contribution in [2.75, 3.05) is 14.1 Å². The second-order valence-electron chi connectivity index (χ2n) is 6.95. The number of allylic oxidation sites excluding steroid dienone is 1. The zero-order chi connectivity index (χ0) is 20.0. The molecule has 2 rings (SSSR count). The molecule has 0 bridgehead atoms. The van der Waals surface area contributed by atoms with Gasteiger partial charge in [-0.05, 0) is 60.6 Å². The fourth-order valence-electron chi connectivity index (χ4n) is 3.32. The monoisotopic (exact) mass is 369 g/mol. The summed E-state index contributed by atoms with van der Waals surface area (Å²) in [6.07, 6.45) is 4.91. The van der Waals surface area contributed by atoms with Crippen LogP contribution in [0.3, 0.4) is 0 Å². The molecule has 0 saturated carbocycles. The van der Waals surface area contributed by atoms with Gasteiger partial charge in [-0.1, -0.05) is 32.1 Å². The summed E-state index contributed by atoms with van der Waals surface area (Å²) in [7, 11) is 3.26. The van der Waals surface area contributed by atoms with Gasteiger partial charge in [-0.3, -0.25) is 4.79 Å². The van der Waals surface area contributed by atoms with E-state index in [1.807, 2.05) is 30.3 Å². The van der Waals surface area contributed by atoms with Crippen molar-refractivity contribution >= 4 is 5.91 Å². The highest BCUT2D eigenvalue weighted by molar-refractivity contribution is 5.94. The van der Waals surface area contributed by atoms with E-state index in [9.17, 15) is 9.18 Å². The molecule has 0 aliphatic carbocycles. The Morgan fingerprint density at radius 2 is 1.78 bits per heavy atom. The molecule has 3 nitrogen and oxygen atoms in total. The van der Waals surface area contributed by atoms with Gasteiger partial charge in [0.1, 0.15) is 5.75 Å². The summed E-state index contributed by atoms with van der Waals surface area (Å²) in [5.74, 6) is -0.150. The fourth-order valence-corrected chi connectivity index (χ4v) is 3.32. The van der Waals surface area contributed by atoms with Crippen molar-refractivity contribution in [2.45, 2.75) is 38.5 Å². The van der Waals surface area contributed by atoms with Gasteiger partial charge in [-0.25, -0.2) is 4.39 Å². The van der Waals surface area contributed by atoms with Gasteiger partial charge in [0.05, 0.1) is 0 Å². The predicted octanol–water partition coefficient (Wildman–Crippen LogP) is 5.95. The molecule has 0 radical (unpaired) electrons. The Morgan fingerprint density at radius 1 is 1.15 bits per heavy atom. The number of hydrogen-bond donors (Lipinski definition) is 0. The molecule has 4 heteroatoms. The van der Waals surface area contributed by atoms with E-state index < -0.39 is 5.82 Å². The first-order chi connectivity index (χ1) is 12.9. The van der Waals surface area contributed by atoms with Crippen LogP contribution >= 0.6 is 0 Å². The standard InChI is InChI=1S/C23H28FNO2/c1-6-15-23(7-2,8-3)18-10-12-19(13-11-18)27-21-14-9-17(16-20(21)24)22(26)25(4)5/h6,9-14,16H,1,7-8,15H2,2-5H3. The number of carbonyl (C=O) groups is 1. The van der Waals surface area contributed by atoms with Crippen molar-refractivity contribution in [3.63, 3.8) is 0 Å². The summed E-state index contributed by atoms with van der Waals surface area (Å²) >= 11 is 0. The first-order valence-corrected chi connectivity index (χ1v) is 9.27. The molecule has 0 aromatic heterocycles. The number of benzene rings is 2. The van der Waals surface area contributed by atoms with Gasteiger partial charge < -0.3 is 9.64 Å². The van der Waals surface area contributed by atoms with Crippen LogP contribution in [-0.2, 0) is 5.41 Å². The van der Waals surface area contributed by atoms with E-state index >= 15 is 0 Å². The maximum absolute atomic E-state index is 14.3. The molecule has 0 atom stereocenters. The number of hydrogen-bond acceptors (Lipinski definition) is 2. The molecule has 0 saturated heterocycles. The van der Waals surface area contributed by atoms with Crippen molar-refractivity contribution in [1.29, 1.82) is 0 Å². The van der Waals surface area contributed by atoms with Crippen LogP contribution in [0.25, 0.3) is 0 Å². The van der Waals surface area contributed by atoms with Crippen LogP contribution in [0.4, 0.5) is 4.39 Å². The normalized spacial score (nSPS) is 11.1. The maximum Gasteiger partial charge on any atom is 0.253 e. The highest BCUT2D eigenvalue weighted by Gasteiger charge is 2.26. The summed E-state index contributed by atoms with van der Waals surface area (Å²) in [5, 5.41) is 0. The Morgan fingerprint density at radius 3 is 2.26 bits per heavy atom. The quantitative estimate of drug-likeness (QED) is 0.538. The van der Waals surface area contributed by atoms with Crippen LogP contribution in [0.5, 0.6) is 11.5 Å². The summed E-state index contributed by atoms with van der Waals surface area (Å²) < 4.78 is 20.0. The zero-order valence-electron chi connectivity index (χ0n) is 16.6. The van der Waals surface area contributed by atoms with Crippen molar-refractivity contribution in [3.05, 3.63) is 72.1 Å². The van der Waals surface area contributed by atoms with Crippen molar-refractivity contribution in [1.82, 2.24) is 4.90 Å². The Bertz CT molecular complexity index is 793. The molecular weight excluding hydrogens is 341 g/mol. The lowest BCUT2D eigenvalue weighted by Gasteiger charge is -2.31. The van der Waals surface area contributed by atoms with Gasteiger partial charge in [0.2, 0.25) is 0 Å². The Hall–Kier alpha value is -2.62. The van der Waals surface area contributed by atoms with Crippen molar-refractivity contribution in [3.8, 4) is 11.5 Å². The Kier molecular flexibility index (Phi) is 6.78. The predicted molar refractivity (Wildman–Crippen MR) is 108 cm³/mol. The summed E-state index contributed by atoms with van der Waals surface area (Å²) in [5.41, 5.74) is 1.59. The maximum atomic E-state index is 14.3. The molecular formula is C23H28FNO2. The van der Waals surface area contributed by atoms with Crippen LogP contribution in [0.2, 0.25) is 0 Å². The van der Waals surface area contributed by atoms with E-state index in [0.717, 1.165) is 19.3 Å². The third kappa shape index (κ3) is 4.57. The van der Waals surface area contributed by atoms with Crippen LogP contribution in [-0.4, -0.2) is 24.9 Å². The van der Waals surface area contributed by atoms with Crippen LogP contribution in [0.15, 0.2) is 55.1 Å². The Labute approximate surface area is 161 Å². The highest BCUT2D eigenvalue weighted by atomic mass is 19.1. The molecule has 0 aliphatic rings. The average molecular weight is 369 g/mol. The number of amides is 1. The first kappa shape index (κ1) is 20.7. The second-order valence-corrected chi connectivity index (χ2v) is 6.95. The molecule has 2 aromatic carbocycles. The molecule has 0 fully saturated rings. The molecule has 2 aromatic rings. The van der Waals surface area contributed by atoms with E-state index in [1.54, 1.807) is 20.2 Å². The van der Waals surface area contributed by atoms with Crippen LogP contribution < -0.4 is 4.74 Å². The van der Waals surface area contributed by atoms with E-state index in [2.05, 4.69) is 20.4 Å². The number of ether oxygens (including phenoxy) is 1. The third-order valence-electron chi connectivity index (χ3n) is 5.17. The largest absolute Gasteiger partial charge is 0.454 e. The molecule has 0 heterocycles.